The molecule has 0 aromatic carbocycles. The van der Waals surface area contributed by atoms with Gasteiger partial charge in [-0.05, 0) is 72.8 Å². The van der Waals surface area contributed by atoms with Crippen molar-refractivity contribution in [1.82, 2.24) is 0 Å². The smallest absolute Gasteiger partial charge is 0.0837 e. The first-order valence-electron chi connectivity index (χ1n) is 10.2. The second-order valence-electron chi connectivity index (χ2n) is 9.37. The predicted octanol–water partition coefficient (Wildman–Crippen LogP) is 5.03. The summed E-state index contributed by atoms with van der Waals surface area (Å²) in [5, 5.41) is 20.5. The highest BCUT2D eigenvalue weighted by Gasteiger charge is 2.49. The molecular formula is C23H36O2. The van der Waals surface area contributed by atoms with Crippen molar-refractivity contribution in [3.63, 3.8) is 0 Å². The van der Waals surface area contributed by atoms with Crippen LogP contribution in [0.15, 0.2) is 35.5 Å². The van der Waals surface area contributed by atoms with Gasteiger partial charge in [-0.2, -0.15) is 0 Å². The third-order valence-corrected chi connectivity index (χ3v) is 7.64. The molecule has 1 unspecified atom stereocenters. The Morgan fingerprint density at radius 2 is 1.92 bits per heavy atom. The van der Waals surface area contributed by atoms with Crippen molar-refractivity contribution in [3.8, 4) is 0 Å². The summed E-state index contributed by atoms with van der Waals surface area (Å²) in [6, 6.07) is 0. The first-order chi connectivity index (χ1) is 11.8. The van der Waals surface area contributed by atoms with Gasteiger partial charge in [0.2, 0.25) is 0 Å². The summed E-state index contributed by atoms with van der Waals surface area (Å²) < 4.78 is 0. The summed E-state index contributed by atoms with van der Waals surface area (Å²) in [6.45, 7) is 13.3. The lowest BCUT2D eigenvalue weighted by atomic mass is 9.61. The molecule has 0 amide bonds. The van der Waals surface area contributed by atoms with E-state index >= 15 is 0 Å². The summed E-state index contributed by atoms with van der Waals surface area (Å²) in [7, 11) is 0. The molecule has 2 N–H and O–H groups in total. The van der Waals surface area contributed by atoms with Crippen LogP contribution in [-0.2, 0) is 0 Å². The Balaban J connectivity index is 1.83. The first kappa shape index (κ1) is 18.9. The van der Waals surface area contributed by atoms with Crippen molar-refractivity contribution in [1.29, 1.82) is 0 Å². The molecule has 3 aliphatic rings. The van der Waals surface area contributed by atoms with Gasteiger partial charge in [0.1, 0.15) is 0 Å². The quantitative estimate of drug-likeness (QED) is 0.737. The molecule has 0 radical (unpaired) electrons. The standard InChI is InChI=1S/C23H36O2/c1-14(2)19-10-11-20-17(7-6-12-23(19,20)5)8-9-18-13-21(24)16(4)22(25)15(18)3/h8-9,14,16,19-22,24-25H,3,6-7,10-13H2,1-2,4-5H3/b17-8+,18-9-/t16-,19+,20?,21-,22+,23+/m0/s1. The van der Waals surface area contributed by atoms with E-state index in [1.165, 1.54) is 32.1 Å². The number of aliphatic hydroxyl groups is 2. The van der Waals surface area contributed by atoms with E-state index in [0.29, 0.717) is 17.8 Å². The molecule has 3 aliphatic carbocycles. The van der Waals surface area contributed by atoms with E-state index in [2.05, 4.69) is 39.5 Å². The average molecular weight is 345 g/mol. The molecule has 0 saturated heterocycles. The molecule has 0 aliphatic heterocycles. The molecule has 3 rings (SSSR count). The largest absolute Gasteiger partial charge is 0.392 e. The highest BCUT2D eigenvalue weighted by molar-refractivity contribution is 5.39. The van der Waals surface area contributed by atoms with E-state index in [9.17, 15) is 10.2 Å². The second kappa shape index (κ2) is 7.04. The molecule has 140 valence electrons. The number of allylic oxidation sites excluding steroid dienone is 3. The lowest BCUT2D eigenvalue weighted by Crippen LogP contribution is -2.36. The van der Waals surface area contributed by atoms with E-state index in [1.54, 1.807) is 5.57 Å². The minimum absolute atomic E-state index is 0.128. The molecule has 3 fully saturated rings. The van der Waals surface area contributed by atoms with E-state index < -0.39 is 12.2 Å². The monoisotopic (exact) mass is 344 g/mol. The molecule has 0 bridgehead atoms. The minimum atomic E-state index is -0.623. The summed E-state index contributed by atoms with van der Waals surface area (Å²) >= 11 is 0. The van der Waals surface area contributed by atoms with Crippen molar-refractivity contribution in [3.05, 3.63) is 35.5 Å². The van der Waals surface area contributed by atoms with Gasteiger partial charge in [0, 0.05) is 5.92 Å². The lowest BCUT2D eigenvalue weighted by Gasteiger charge is -2.44. The zero-order valence-electron chi connectivity index (χ0n) is 16.5. The van der Waals surface area contributed by atoms with Gasteiger partial charge in [-0.25, -0.2) is 0 Å². The molecule has 6 atom stereocenters. The number of aliphatic hydroxyl groups excluding tert-OH is 2. The average Bonchev–Trinajstić information content (AvgIpc) is 2.92. The molecule has 3 saturated carbocycles. The highest BCUT2D eigenvalue weighted by Crippen LogP contribution is 2.59. The second-order valence-corrected chi connectivity index (χ2v) is 9.37. The number of hydrogen-bond donors (Lipinski definition) is 2. The normalized spacial score (nSPS) is 45.4. The SMILES string of the molecule is C=C1/C(=C\C=C2/CCC[C@@]3(C)C2CC[C@@H]3C(C)C)C[C@H](O)[C@H](C)[C@@H]1O. The molecular weight excluding hydrogens is 308 g/mol. The van der Waals surface area contributed by atoms with Crippen molar-refractivity contribution in [2.75, 3.05) is 0 Å². The highest BCUT2D eigenvalue weighted by atomic mass is 16.3. The van der Waals surface area contributed by atoms with Gasteiger partial charge in [-0.3, -0.25) is 0 Å². The van der Waals surface area contributed by atoms with Crippen molar-refractivity contribution in [2.45, 2.75) is 78.4 Å². The summed E-state index contributed by atoms with van der Waals surface area (Å²) in [5.41, 5.74) is 3.85. The van der Waals surface area contributed by atoms with Crippen LogP contribution in [0.4, 0.5) is 0 Å². The third kappa shape index (κ3) is 3.28. The molecule has 25 heavy (non-hydrogen) atoms. The number of rotatable bonds is 2. The fraction of sp³-hybridized carbons (Fsp3) is 0.739. The summed E-state index contributed by atoms with van der Waals surface area (Å²) in [5.74, 6) is 2.17. The van der Waals surface area contributed by atoms with Crippen LogP contribution in [0.2, 0.25) is 0 Å². The third-order valence-electron chi connectivity index (χ3n) is 7.64. The summed E-state index contributed by atoms with van der Waals surface area (Å²) in [6.07, 6.45) is 10.5. The van der Waals surface area contributed by atoms with Gasteiger partial charge >= 0.3 is 0 Å². The zero-order valence-corrected chi connectivity index (χ0v) is 16.5. The Labute approximate surface area is 153 Å². The fourth-order valence-electron chi connectivity index (χ4n) is 6.02. The maximum atomic E-state index is 10.3. The zero-order chi connectivity index (χ0) is 18.4. The Morgan fingerprint density at radius 1 is 1.20 bits per heavy atom. The lowest BCUT2D eigenvalue weighted by molar-refractivity contribution is 0.0283. The van der Waals surface area contributed by atoms with E-state index in [0.717, 1.165) is 23.0 Å². The van der Waals surface area contributed by atoms with E-state index in [1.807, 2.05) is 6.92 Å². The topological polar surface area (TPSA) is 40.5 Å². The molecule has 2 heteroatoms. The molecule has 0 aromatic rings. The Kier molecular flexibility index (Phi) is 5.33. The maximum Gasteiger partial charge on any atom is 0.0837 e. The van der Waals surface area contributed by atoms with E-state index in [4.69, 9.17) is 0 Å². The molecule has 0 spiro atoms. The van der Waals surface area contributed by atoms with Gasteiger partial charge in [0.25, 0.3) is 0 Å². The Morgan fingerprint density at radius 3 is 2.60 bits per heavy atom. The fourth-order valence-corrected chi connectivity index (χ4v) is 6.02. The van der Waals surface area contributed by atoms with Crippen LogP contribution in [0.5, 0.6) is 0 Å². The van der Waals surface area contributed by atoms with Crippen LogP contribution in [0.3, 0.4) is 0 Å². The maximum absolute atomic E-state index is 10.3. The predicted molar refractivity (Wildman–Crippen MR) is 104 cm³/mol. The molecule has 0 aromatic heterocycles. The van der Waals surface area contributed by atoms with Crippen molar-refractivity contribution < 1.29 is 10.2 Å². The minimum Gasteiger partial charge on any atom is -0.392 e. The van der Waals surface area contributed by atoms with E-state index in [-0.39, 0.29) is 5.92 Å². The van der Waals surface area contributed by atoms with Crippen LogP contribution in [0.25, 0.3) is 0 Å². The van der Waals surface area contributed by atoms with Gasteiger partial charge in [-0.1, -0.05) is 52.0 Å². The van der Waals surface area contributed by atoms with Crippen LogP contribution in [0, 0.1) is 29.1 Å². The number of fused-ring (bicyclic) bond motifs is 1. The van der Waals surface area contributed by atoms with Gasteiger partial charge in [-0.15, -0.1) is 0 Å². The van der Waals surface area contributed by atoms with Crippen molar-refractivity contribution in [2.24, 2.45) is 29.1 Å². The Bertz CT molecular complexity index is 585. The van der Waals surface area contributed by atoms with Crippen LogP contribution in [0.1, 0.15) is 66.2 Å². The van der Waals surface area contributed by atoms with Gasteiger partial charge < -0.3 is 10.2 Å². The molecule has 2 nitrogen and oxygen atoms in total. The number of hydrogen-bond acceptors (Lipinski definition) is 2. The van der Waals surface area contributed by atoms with Crippen molar-refractivity contribution >= 4 is 0 Å². The van der Waals surface area contributed by atoms with Crippen LogP contribution in [-0.4, -0.2) is 22.4 Å². The van der Waals surface area contributed by atoms with Gasteiger partial charge in [0.15, 0.2) is 0 Å². The Hall–Kier alpha value is -0.860. The molecule has 0 heterocycles. The summed E-state index contributed by atoms with van der Waals surface area (Å²) in [4.78, 5) is 0. The van der Waals surface area contributed by atoms with Gasteiger partial charge in [0.05, 0.1) is 12.2 Å². The van der Waals surface area contributed by atoms with Crippen LogP contribution < -0.4 is 0 Å². The van der Waals surface area contributed by atoms with Crippen LogP contribution >= 0.6 is 0 Å². The first-order valence-corrected chi connectivity index (χ1v) is 10.2.